The van der Waals surface area contributed by atoms with Crippen molar-refractivity contribution >= 4 is 73.1 Å². The summed E-state index contributed by atoms with van der Waals surface area (Å²) in [5.74, 6) is -0.424. The number of imidazole rings is 2. The summed E-state index contributed by atoms with van der Waals surface area (Å²) in [6.45, 7) is -6.84. The molecule has 6 heterocycles. The average Bonchev–Trinajstić information content (AvgIpc) is 3.75. The van der Waals surface area contributed by atoms with Crippen molar-refractivity contribution in [3.05, 3.63) is 28.7 Å². The summed E-state index contributed by atoms with van der Waals surface area (Å²) in [5.41, 5.74) is 4.72. The molecule has 10 atom stereocenters. The molecule has 3 aliphatic heterocycles. The van der Waals surface area contributed by atoms with Crippen molar-refractivity contribution in [1.29, 1.82) is 5.41 Å². The zero-order valence-electron chi connectivity index (χ0n) is 23.4. The Labute approximate surface area is 267 Å². The number of nitrogen functional groups attached to an aromatic ring is 1. The molecule has 3 aromatic heterocycles. The third-order valence-electron chi connectivity index (χ3n) is 7.26. The lowest BCUT2D eigenvalue weighted by atomic mass is 10.1. The predicted octanol–water partition coefficient (Wildman–Crippen LogP) is 1.21. The number of thiol groups is 1. The first-order valence-corrected chi connectivity index (χ1v) is 18.4. The van der Waals surface area contributed by atoms with Crippen LogP contribution < -0.4 is 16.6 Å². The molecule has 6 rings (SSSR count). The van der Waals surface area contributed by atoms with E-state index in [0.717, 1.165) is 10.9 Å². The summed E-state index contributed by atoms with van der Waals surface area (Å²) in [7, 11) is 1.50. The Morgan fingerprint density at radius 2 is 1.80 bits per heavy atom. The Bertz CT molecular complexity index is 1850. The molecule has 0 aromatic carbocycles. The molecule has 3 aliphatic rings. The number of halogens is 2. The van der Waals surface area contributed by atoms with Crippen LogP contribution in [-0.4, -0.2) is 104 Å². The summed E-state index contributed by atoms with van der Waals surface area (Å²) in [4.78, 5) is 40.9. The quantitative estimate of drug-likeness (QED) is 0.0957. The first-order chi connectivity index (χ1) is 21.7. The lowest BCUT2D eigenvalue weighted by Crippen LogP contribution is -2.37. The molecule has 19 nitrogen and oxygen atoms in total. The number of amidine groups is 1. The molecule has 46 heavy (non-hydrogen) atoms. The molecule has 3 aromatic rings. The third kappa shape index (κ3) is 6.05. The number of aromatic amines is 1. The van der Waals surface area contributed by atoms with Crippen LogP contribution in [0.1, 0.15) is 18.1 Å². The van der Waals surface area contributed by atoms with Crippen LogP contribution in [0.15, 0.2) is 22.4 Å². The molecule has 3 fully saturated rings. The second-order valence-corrected chi connectivity index (χ2v) is 15.7. The van der Waals surface area contributed by atoms with Gasteiger partial charge in [-0.3, -0.25) is 37.9 Å². The first-order valence-electron chi connectivity index (χ1n) is 13.2. The van der Waals surface area contributed by atoms with Gasteiger partial charge in [0.25, 0.3) is 5.56 Å². The number of hydrogen-bond donors (Lipinski definition) is 6. The number of aromatic nitrogens is 6. The summed E-state index contributed by atoms with van der Waals surface area (Å²) >= 11 is 9.11. The molecule has 0 amide bonds. The maximum atomic E-state index is 16.0. The predicted molar refractivity (Wildman–Crippen MR) is 163 cm³/mol. The fourth-order valence-corrected chi connectivity index (χ4v) is 8.16. The maximum absolute atomic E-state index is 16.0. The van der Waals surface area contributed by atoms with E-state index >= 15 is 8.78 Å². The smallest absolute Gasteiger partial charge is 0.373 e. The zero-order chi connectivity index (χ0) is 33.1. The van der Waals surface area contributed by atoms with Crippen LogP contribution in [0.2, 0.25) is 0 Å². The highest BCUT2D eigenvalue weighted by molar-refractivity contribution is 8.44. The highest BCUT2D eigenvalue weighted by Gasteiger charge is 2.54. The normalized spacial score (nSPS) is 36.8. The van der Waals surface area contributed by atoms with Gasteiger partial charge in [-0.25, -0.2) is 28.3 Å². The standard InChI is InChI=1S/C21H26F2N10O9P2S2/c1-26-15(24)11-16(27-2)32(5-28-11)19-9(22)13-7(39-19)3-37-44(36,46)42-14-8(4-38-43(35,45)41-13)40-20(10(14)23)33-6-29-12-17(33)30-21(25)31-18(12)34/h5-10,13-14,19-20,24,27H,1,3-4H2,2H3,(H,35,45)(H,36,46)(H3,25,30,31,34)/t7-,8-,9-,10-,13-,14-,19-,20-,43?,44?/m1/s1. The van der Waals surface area contributed by atoms with Crippen molar-refractivity contribution in [3.8, 4) is 0 Å². The molecular formula is C21H26F2N10O9P2S2. The summed E-state index contributed by atoms with van der Waals surface area (Å²) in [6.07, 6.45) is -11.1. The van der Waals surface area contributed by atoms with E-state index in [1.54, 1.807) is 0 Å². The molecule has 0 radical (unpaired) electrons. The van der Waals surface area contributed by atoms with Gasteiger partial charge in [0.2, 0.25) is 5.95 Å². The molecule has 3 saturated heterocycles. The van der Waals surface area contributed by atoms with Crippen LogP contribution in [-0.2, 0) is 43.9 Å². The van der Waals surface area contributed by atoms with Gasteiger partial charge in [0.05, 0.1) is 25.9 Å². The second-order valence-electron chi connectivity index (χ2n) is 10.1. The molecular weight excluding hydrogens is 700 g/mol. The molecule has 2 unspecified atom stereocenters. The summed E-state index contributed by atoms with van der Waals surface area (Å²) < 4.78 is 81.2. The third-order valence-corrected chi connectivity index (χ3v) is 10.4. The van der Waals surface area contributed by atoms with Gasteiger partial charge >= 0.3 is 13.5 Å². The van der Waals surface area contributed by atoms with E-state index < -0.39 is 81.5 Å². The Kier molecular flexibility index (Phi) is 8.95. The minimum Gasteiger partial charge on any atom is -0.373 e. The summed E-state index contributed by atoms with van der Waals surface area (Å²) in [5, 5.41) is 10.7. The van der Waals surface area contributed by atoms with Gasteiger partial charge < -0.3 is 29.9 Å². The summed E-state index contributed by atoms with van der Waals surface area (Å²) in [6, 6.07) is 0. The fraction of sp³-hybridized carbons (Fsp3) is 0.524. The Balaban J connectivity index is 1.28. The number of aliphatic imine (C=N–C) groups is 1. The number of nitrogens with one attached hydrogen (secondary N) is 3. The van der Waals surface area contributed by atoms with E-state index in [1.165, 1.54) is 17.9 Å². The van der Waals surface area contributed by atoms with Crippen LogP contribution in [0.25, 0.3) is 11.2 Å². The van der Waals surface area contributed by atoms with Crippen LogP contribution >= 0.6 is 25.8 Å². The largest absolute Gasteiger partial charge is 0.386 e. The van der Waals surface area contributed by atoms with Gasteiger partial charge in [-0.2, -0.15) is 4.98 Å². The lowest BCUT2D eigenvalue weighted by molar-refractivity contribution is -0.0566. The topological polar surface area (TPSA) is 248 Å². The van der Waals surface area contributed by atoms with Gasteiger partial charge in [-0.05, 0) is 18.5 Å². The van der Waals surface area contributed by atoms with Crippen LogP contribution in [0.3, 0.4) is 0 Å². The van der Waals surface area contributed by atoms with Gasteiger partial charge in [0, 0.05) is 7.05 Å². The van der Waals surface area contributed by atoms with Gasteiger partial charge in [-0.1, -0.05) is 12.2 Å². The Morgan fingerprint density at radius 3 is 2.46 bits per heavy atom. The number of H-pyrrole nitrogens is 1. The van der Waals surface area contributed by atoms with Gasteiger partial charge in [0.15, 0.2) is 41.8 Å². The van der Waals surface area contributed by atoms with Crippen molar-refractivity contribution in [2.24, 2.45) is 4.99 Å². The van der Waals surface area contributed by atoms with Crippen LogP contribution in [0.4, 0.5) is 20.5 Å². The minimum absolute atomic E-state index is 0.0409. The van der Waals surface area contributed by atoms with Crippen molar-refractivity contribution in [1.82, 2.24) is 29.1 Å². The number of fused-ring (bicyclic) bond motifs is 3. The van der Waals surface area contributed by atoms with Crippen LogP contribution in [0, 0.1) is 5.41 Å². The Hall–Kier alpha value is -2.69. The number of rotatable bonds is 4. The molecule has 0 bridgehead atoms. The highest BCUT2D eigenvalue weighted by atomic mass is 32.7. The lowest BCUT2D eigenvalue weighted by Gasteiger charge is -2.29. The number of alkyl halides is 2. The van der Waals surface area contributed by atoms with Crippen molar-refractivity contribution in [2.45, 2.75) is 49.2 Å². The molecule has 0 saturated carbocycles. The van der Waals surface area contributed by atoms with E-state index in [0.29, 0.717) is 0 Å². The second kappa shape index (κ2) is 12.4. The molecule has 0 aliphatic carbocycles. The fourth-order valence-electron chi connectivity index (χ4n) is 5.24. The number of hydrogen-bond acceptors (Lipinski definition) is 15. The van der Waals surface area contributed by atoms with Crippen molar-refractivity contribution in [3.63, 3.8) is 0 Å². The van der Waals surface area contributed by atoms with E-state index in [2.05, 4.69) is 49.2 Å². The van der Waals surface area contributed by atoms with E-state index in [9.17, 15) is 14.3 Å². The number of ether oxygens (including phenoxy) is 2. The number of anilines is 2. The van der Waals surface area contributed by atoms with E-state index in [4.69, 9.17) is 50.5 Å². The van der Waals surface area contributed by atoms with E-state index in [-0.39, 0.29) is 34.5 Å². The number of nitrogens with two attached hydrogens (primary N) is 1. The molecule has 250 valence electrons. The molecule has 6 N–H and O–H groups in total. The maximum Gasteiger partial charge on any atom is 0.386 e. The van der Waals surface area contributed by atoms with Crippen LogP contribution in [0.5, 0.6) is 0 Å². The molecule has 25 heteroatoms. The van der Waals surface area contributed by atoms with Gasteiger partial charge in [-0.15, -0.1) is 0 Å². The van der Waals surface area contributed by atoms with Crippen molar-refractivity contribution < 1.29 is 45.8 Å². The van der Waals surface area contributed by atoms with E-state index in [1.807, 2.05) is 0 Å². The first kappa shape index (κ1) is 33.2. The minimum atomic E-state index is -4.44. The van der Waals surface area contributed by atoms with Gasteiger partial charge in [0.1, 0.15) is 35.9 Å². The highest BCUT2D eigenvalue weighted by Crippen LogP contribution is 2.58. The molecule has 0 spiro atoms. The monoisotopic (exact) mass is 726 g/mol. The average molecular weight is 727 g/mol. The van der Waals surface area contributed by atoms with Crippen molar-refractivity contribution in [2.75, 3.05) is 31.3 Å². The number of nitrogens with zero attached hydrogens (tertiary/aromatic N) is 6. The zero-order valence-corrected chi connectivity index (χ0v) is 26.9. The SMILES string of the molecule is C=NC(=N)c1ncn([C@@H]2O[C@@H]3COP(O)(=S)O[C@H]4[C@@H](F)[C@H](n5cnc6c(=O)[nH]c(N)nc65)O[C@@H]4COP(=O)(S)O[C@H]3[C@H]2F)c1NC. The Morgan fingerprint density at radius 1 is 1.20 bits per heavy atom.